The van der Waals surface area contributed by atoms with E-state index in [1.165, 1.54) is 0 Å². The Hall–Kier alpha value is -3.58. The second-order valence-electron chi connectivity index (χ2n) is 8.12. The molecule has 1 aromatic heterocycles. The number of likely N-dealkylation sites (N-methyl/N-ethyl adjacent to an activating group) is 1. The van der Waals surface area contributed by atoms with Gasteiger partial charge in [-0.1, -0.05) is 24.3 Å². The fourth-order valence-electron chi connectivity index (χ4n) is 3.92. The van der Waals surface area contributed by atoms with Crippen LogP contribution in [0.1, 0.15) is 0 Å². The van der Waals surface area contributed by atoms with Crippen LogP contribution in [0.25, 0.3) is 11.1 Å². The quantitative estimate of drug-likeness (QED) is 0.685. The number of fused-ring (bicyclic) bond motifs is 1. The van der Waals surface area contributed by atoms with E-state index in [-0.39, 0.29) is 12.5 Å². The Bertz CT molecular complexity index is 1090. The number of nitrogens with zero attached hydrogens (tertiary/aromatic N) is 3. The Kier molecular flexibility index (Phi) is 5.64. The number of pyridine rings is 1. The number of aromatic nitrogens is 1. The Morgan fingerprint density at radius 2 is 1.72 bits per heavy atom. The number of piperazine rings is 1. The molecule has 3 heterocycles. The zero-order valence-corrected chi connectivity index (χ0v) is 18.0. The first-order valence-electron chi connectivity index (χ1n) is 10.8. The van der Waals surface area contributed by atoms with Gasteiger partial charge in [0.05, 0.1) is 0 Å². The van der Waals surface area contributed by atoms with E-state index in [4.69, 9.17) is 9.47 Å². The minimum absolute atomic E-state index is 0.188. The molecular formula is C25H26N4O3. The van der Waals surface area contributed by atoms with Crippen molar-refractivity contribution in [2.24, 2.45) is 0 Å². The zero-order chi connectivity index (χ0) is 21.9. The number of hydrogen-bond acceptors (Lipinski definition) is 6. The number of nitrogens with one attached hydrogen (secondary N) is 1. The molecule has 0 unspecified atom stereocenters. The van der Waals surface area contributed by atoms with Crippen LogP contribution in [0, 0.1) is 0 Å². The second kappa shape index (κ2) is 8.88. The predicted molar refractivity (Wildman–Crippen MR) is 124 cm³/mol. The summed E-state index contributed by atoms with van der Waals surface area (Å²) in [4.78, 5) is 21.9. The van der Waals surface area contributed by atoms with E-state index in [2.05, 4.69) is 33.2 Å². The molecule has 7 nitrogen and oxygen atoms in total. The third-order valence-corrected chi connectivity index (χ3v) is 5.86. The summed E-state index contributed by atoms with van der Waals surface area (Å²) in [6.07, 6.45) is 1.17. The molecule has 2 aliphatic rings. The van der Waals surface area contributed by atoms with Crippen LogP contribution in [0.15, 0.2) is 66.9 Å². The summed E-state index contributed by atoms with van der Waals surface area (Å²) in [5, 5.41) is 2.92. The number of para-hydroxylation sites is 2. The summed E-state index contributed by atoms with van der Waals surface area (Å²) >= 11 is 0. The summed E-state index contributed by atoms with van der Waals surface area (Å²) in [6, 6.07) is 19.3. The molecule has 164 valence electrons. The molecule has 1 amide bonds. The van der Waals surface area contributed by atoms with Crippen LogP contribution in [-0.4, -0.2) is 61.7 Å². The number of anilines is 2. The van der Waals surface area contributed by atoms with Gasteiger partial charge in [-0.25, -0.2) is 4.98 Å². The second-order valence-corrected chi connectivity index (χ2v) is 8.12. The van der Waals surface area contributed by atoms with E-state index >= 15 is 0 Å². The Morgan fingerprint density at radius 3 is 2.50 bits per heavy atom. The number of hydrogen-bond donors (Lipinski definition) is 1. The van der Waals surface area contributed by atoms with Crippen molar-refractivity contribution in [2.45, 2.75) is 6.10 Å². The van der Waals surface area contributed by atoms with Gasteiger partial charge >= 0.3 is 0 Å². The lowest BCUT2D eigenvalue weighted by molar-refractivity contribution is -0.125. The van der Waals surface area contributed by atoms with Crippen LogP contribution in [0.5, 0.6) is 11.5 Å². The summed E-state index contributed by atoms with van der Waals surface area (Å²) in [6.45, 7) is 4.24. The molecule has 0 radical (unpaired) electrons. The van der Waals surface area contributed by atoms with Crippen molar-refractivity contribution < 1.29 is 14.3 Å². The molecule has 2 aliphatic heterocycles. The molecule has 0 spiro atoms. The molecule has 32 heavy (non-hydrogen) atoms. The van der Waals surface area contributed by atoms with Gasteiger partial charge in [-0.05, 0) is 54.6 Å². The summed E-state index contributed by atoms with van der Waals surface area (Å²) in [7, 11) is 2.15. The third-order valence-electron chi connectivity index (χ3n) is 5.86. The van der Waals surface area contributed by atoms with Crippen LogP contribution in [0.2, 0.25) is 0 Å². The number of amides is 1. The van der Waals surface area contributed by atoms with Crippen molar-refractivity contribution in [3.8, 4) is 22.6 Å². The molecule has 0 saturated carbocycles. The van der Waals surface area contributed by atoms with Gasteiger partial charge in [0.2, 0.25) is 6.10 Å². The van der Waals surface area contributed by atoms with E-state index in [9.17, 15) is 4.79 Å². The molecule has 2 aromatic carbocycles. The van der Waals surface area contributed by atoms with Crippen molar-refractivity contribution in [2.75, 3.05) is 50.1 Å². The summed E-state index contributed by atoms with van der Waals surface area (Å²) in [5.74, 6) is 2.02. The molecule has 1 saturated heterocycles. The van der Waals surface area contributed by atoms with Crippen molar-refractivity contribution >= 4 is 17.4 Å². The minimum Gasteiger partial charge on any atom is -0.485 e. The van der Waals surface area contributed by atoms with E-state index in [0.29, 0.717) is 11.5 Å². The third kappa shape index (κ3) is 4.38. The van der Waals surface area contributed by atoms with E-state index < -0.39 is 6.10 Å². The number of carbonyl (C=O) groups is 1. The Labute approximate surface area is 187 Å². The Balaban J connectivity index is 1.24. The van der Waals surface area contributed by atoms with E-state index in [1.54, 1.807) is 6.07 Å². The standard InChI is InChI=1S/C25H26N4O3/c1-28-12-14-29(15-13-28)24-16-19(10-11-26-24)18-6-8-20(9-7-18)27-25(30)23-17-31-21-4-2-3-5-22(21)32-23/h2-11,16,23H,12-15,17H2,1H3,(H,27,30)/t23-/m1/s1. The van der Waals surface area contributed by atoms with Gasteiger partial charge in [0, 0.05) is 38.1 Å². The molecule has 1 atom stereocenters. The van der Waals surface area contributed by atoms with Gasteiger partial charge in [0.15, 0.2) is 11.5 Å². The lowest BCUT2D eigenvalue weighted by Crippen LogP contribution is -2.44. The SMILES string of the molecule is CN1CCN(c2cc(-c3ccc(NC(=O)[C@H]4COc5ccccc5O4)cc3)ccn2)CC1. The van der Waals surface area contributed by atoms with Gasteiger partial charge in [-0.3, -0.25) is 4.79 Å². The molecule has 7 heteroatoms. The summed E-state index contributed by atoms with van der Waals surface area (Å²) < 4.78 is 11.4. The highest BCUT2D eigenvalue weighted by Crippen LogP contribution is 2.31. The molecule has 1 N–H and O–H groups in total. The largest absolute Gasteiger partial charge is 0.485 e. The highest BCUT2D eigenvalue weighted by atomic mass is 16.6. The fourth-order valence-corrected chi connectivity index (χ4v) is 3.92. The van der Waals surface area contributed by atoms with Crippen LogP contribution in [-0.2, 0) is 4.79 Å². The highest BCUT2D eigenvalue weighted by molar-refractivity contribution is 5.95. The van der Waals surface area contributed by atoms with Gasteiger partial charge in [-0.15, -0.1) is 0 Å². The predicted octanol–water partition coefficient (Wildman–Crippen LogP) is 3.28. The first-order chi connectivity index (χ1) is 15.7. The topological polar surface area (TPSA) is 66.9 Å². The van der Waals surface area contributed by atoms with Gasteiger partial charge in [0.25, 0.3) is 5.91 Å². The molecule has 3 aromatic rings. The Morgan fingerprint density at radius 1 is 0.969 bits per heavy atom. The number of ether oxygens (including phenoxy) is 2. The smallest absolute Gasteiger partial charge is 0.269 e. The maximum absolute atomic E-state index is 12.6. The monoisotopic (exact) mass is 430 g/mol. The number of carbonyl (C=O) groups excluding carboxylic acids is 1. The average molecular weight is 431 g/mol. The zero-order valence-electron chi connectivity index (χ0n) is 18.0. The fraction of sp³-hybridized carbons (Fsp3) is 0.280. The number of rotatable bonds is 4. The lowest BCUT2D eigenvalue weighted by Gasteiger charge is -2.33. The highest BCUT2D eigenvalue weighted by Gasteiger charge is 2.27. The van der Waals surface area contributed by atoms with Crippen LogP contribution in [0.3, 0.4) is 0 Å². The van der Waals surface area contributed by atoms with Crippen LogP contribution >= 0.6 is 0 Å². The normalized spacial score (nSPS) is 18.3. The molecular weight excluding hydrogens is 404 g/mol. The molecule has 5 rings (SSSR count). The lowest BCUT2D eigenvalue weighted by atomic mass is 10.1. The van der Waals surface area contributed by atoms with E-state index in [1.807, 2.05) is 54.7 Å². The minimum atomic E-state index is -0.684. The average Bonchev–Trinajstić information content (AvgIpc) is 2.85. The van der Waals surface area contributed by atoms with Crippen LogP contribution in [0.4, 0.5) is 11.5 Å². The van der Waals surface area contributed by atoms with E-state index in [0.717, 1.165) is 48.8 Å². The first-order valence-corrected chi connectivity index (χ1v) is 10.8. The van der Waals surface area contributed by atoms with Crippen LogP contribution < -0.4 is 19.7 Å². The maximum Gasteiger partial charge on any atom is 0.269 e. The number of benzene rings is 2. The maximum atomic E-state index is 12.6. The van der Waals surface area contributed by atoms with Crippen molar-refractivity contribution in [1.29, 1.82) is 0 Å². The van der Waals surface area contributed by atoms with Gasteiger partial charge in [-0.2, -0.15) is 0 Å². The van der Waals surface area contributed by atoms with Gasteiger partial charge in [0.1, 0.15) is 12.4 Å². The molecule has 1 fully saturated rings. The van der Waals surface area contributed by atoms with Gasteiger partial charge < -0.3 is 24.6 Å². The summed E-state index contributed by atoms with van der Waals surface area (Å²) in [5.41, 5.74) is 2.90. The van der Waals surface area contributed by atoms with Crippen molar-refractivity contribution in [3.05, 3.63) is 66.9 Å². The molecule has 0 bridgehead atoms. The first kappa shape index (κ1) is 20.3. The molecule has 0 aliphatic carbocycles. The van der Waals surface area contributed by atoms with Crippen molar-refractivity contribution in [3.63, 3.8) is 0 Å². The van der Waals surface area contributed by atoms with Crippen molar-refractivity contribution in [1.82, 2.24) is 9.88 Å².